The Bertz CT molecular complexity index is 1360. The highest BCUT2D eigenvalue weighted by Gasteiger charge is 2.35. The van der Waals surface area contributed by atoms with Gasteiger partial charge in [-0.2, -0.15) is 13.2 Å². The van der Waals surface area contributed by atoms with Gasteiger partial charge in [0.25, 0.3) is 5.91 Å². The number of rotatable bonds is 7. The number of benzene rings is 1. The van der Waals surface area contributed by atoms with Gasteiger partial charge in [0, 0.05) is 48.5 Å². The van der Waals surface area contributed by atoms with Crippen LogP contribution in [0.3, 0.4) is 0 Å². The third-order valence-electron chi connectivity index (χ3n) is 6.32. The number of hydrogen-bond acceptors (Lipinski definition) is 6. The maximum absolute atomic E-state index is 14.7. The monoisotopic (exact) mass is 528 g/mol. The second-order valence-corrected chi connectivity index (χ2v) is 9.22. The van der Waals surface area contributed by atoms with Gasteiger partial charge >= 0.3 is 6.18 Å². The molecule has 3 heterocycles. The smallest absolute Gasteiger partial charge is 0.379 e. The molecule has 2 N–H and O–H groups in total. The van der Waals surface area contributed by atoms with E-state index >= 15 is 0 Å². The fourth-order valence-corrected chi connectivity index (χ4v) is 4.23. The molecule has 3 aromatic rings. The van der Waals surface area contributed by atoms with E-state index < -0.39 is 29.9 Å². The fourth-order valence-electron chi connectivity index (χ4n) is 4.23. The van der Waals surface area contributed by atoms with Crippen molar-refractivity contribution in [2.45, 2.75) is 31.7 Å². The normalized spacial score (nSPS) is 18.6. The fraction of sp³-hybridized carbons (Fsp3) is 0.333. The topological polar surface area (TPSA) is 83.0 Å². The summed E-state index contributed by atoms with van der Waals surface area (Å²) in [6.45, 7) is 6.02. The lowest BCUT2D eigenvalue weighted by Crippen LogP contribution is -2.46. The minimum atomic E-state index is -4.69. The SMILES string of the molecule is C=C(c1nc(/C=C/CNC(=O)c2cnc(C)nc2)cc2c(N[C@@H]3CCN(C)C[C@@H]3F)cccc12)C(F)(F)F. The van der Waals surface area contributed by atoms with E-state index in [-0.39, 0.29) is 35.4 Å². The molecule has 0 radical (unpaired) electrons. The molecule has 1 fully saturated rings. The van der Waals surface area contributed by atoms with Gasteiger partial charge in [0.15, 0.2) is 0 Å². The second-order valence-electron chi connectivity index (χ2n) is 9.22. The molecule has 0 bridgehead atoms. The Kier molecular flexibility index (Phi) is 8.05. The van der Waals surface area contributed by atoms with Crippen LogP contribution in [0.2, 0.25) is 0 Å². The zero-order valence-corrected chi connectivity index (χ0v) is 21.0. The Labute approximate surface area is 217 Å². The van der Waals surface area contributed by atoms with Crippen molar-refractivity contribution in [3.8, 4) is 0 Å². The number of nitrogens with zero attached hydrogens (tertiary/aromatic N) is 4. The molecule has 2 atom stereocenters. The number of fused-ring (bicyclic) bond motifs is 1. The third-order valence-corrected chi connectivity index (χ3v) is 6.32. The Hall–Kier alpha value is -3.86. The van der Waals surface area contributed by atoms with Gasteiger partial charge in [-0.3, -0.25) is 4.79 Å². The summed E-state index contributed by atoms with van der Waals surface area (Å²) in [5, 5.41) is 6.59. The van der Waals surface area contributed by atoms with Crippen LogP contribution in [-0.4, -0.2) is 70.8 Å². The van der Waals surface area contributed by atoms with Crippen molar-refractivity contribution in [3.63, 3.8) is 0 Å². The molecular formula is C27H28F4N6O. The van der Waals surface area contributed by atoms with Gasteiger partial charge < -0.3 is 15.5 Å². The van der Waals surface area contributed by atoms with Gasteiger partial charge in [0.1, 0.15) is 12.0 Å². The number of carbonyl (C=O) groups is 1. The van der Waals surface area contributed by atoms with E-state index in [2.05, 4.69) is 32.2 Å². The van der Waals surface area contributed by atoms with Crippen LogP contribution in [-0.2, 0) is 0 Å². The van der Waals surface area contributed by atoms with Gasteiger partial charge in [0.05, 0.1) is 28.6 Å². The van der Waals surface area contributed by atoms with Crippen LogP contribution in [0.5, 0.6) is 0 Å². The summed E-state index contributed by atoms with van der Waals surface area (Å²) in [7, 11) is 1.84. The Morgan fingerprint density at radius 2 is 1.97 bits per heavy atom. The minimum Gasteiger partial charge on any atom is -0.379 e. The number of alkyl halides is 4. The molecule has 1 saturated heterocycles. The van der Waals surface area contributed by atoms with Gasteiger partial charge in [0.2, 0.25) is 0 Å². The van der Waals surface area contributed by atoms with Crippen molar-refractivity contribution >= 4 is 34.0 Å². The van der Waals surface area contributed by atoms with Crippen LogP contribution in [0.4, 0.5) is 23.2 Å². The molecule has 2 aromatic heterocycles. The number of aryl methyl sites for hydroxylation is 1. The summed E-state index contributed by atoms with van der Waals surface area (Å²) in [5.74, 6) is 0.143. The number of allylic oxidation sites excluding steroid dienone is 1. The number of amides is 1. The molecule has 200 valence electrons. The highest BCUT2D eigenvalue weighted by atomic mass is 19.4. The predicted molar refractivity (Wildman–Crippen MR) is 139 cm³/mol. The number of nitrogens with one attached hydrogen (secondary N) is 2. The average molecular weight is 529 g/mol. The van der Waals surface area contributed by atoms with Gasteiger partial charge in [-0.05, 0) is 38.6 Å². The second kappa shape index (κ2) is 11.3. The lowest BCUT2D eigenvalue weighted by Gasteiger charge is -2.33. The van der Waals surface area contributed by atoms with Crippen LogP contribution in [0.1, 0.15) is 34.0 Å². The summed E-state index contributed by atoms with van der Waals surface area (Å²) >= 11 is 0. The number of carbonyl (C=O) groups excluding carboxylic acids is 1. The zero-order valence-electron chi connectivity index (χ0n) is 21.0. The van der Waals surface area contributed by atoms with E-state index in [0.717, 1.165) is 0 Å². The Balaban J connectivity index is 1.62. The summed E-state index contributed by atoms with van der Waals surface area (Å²) in [6, 6.07) is 6.03. The molecule has 11 heteroatoms. The highest BCUT2D eigenvalue weighted by molar-refractivity contribution is 6.01. The maximum Gasteiger partial charge on any atom is 0.417 e. The number of halogens is 4. The summed E-state index contributed by atoms with van der Waals surface area (Å²) < 4.78 is 55.7. The lowest BCUT2D eigenvalue weighted by molar-refractivity contribution is -0.0688. The first-order valence-corrected chi connectivity index (χ1v) is 12.1. The average Bonchev–Trinajstić information content (AvgIpc) is 2.87. The summed E-state index contributed by atoms with van der Waals surface area (Å²) in [5.41, 5.74) is -0.349. The van der Waals surface area contributed by atoms with Crippen molar-refractivity contribution in [3.05, 3.63) is 72.1 Å². The zero-order chi connectivity index (χ0) is 27.4. The molecule has 38 heavy (non-hydrogen) atoms. The number of piperidine rings is 1. The summed E-state index contributed by atoms with van der Waals surface area (Å²) in [4.78, 5) is 26.3. The van der Waals surface area contributed by atoms with Gasteiger partial charge in [-0.1, -0.05) is 24.8 Å². The van der Waals surface area contributed by atoms with Gasteiger partial charge in [-0.25, -0.2) is 19.3 Å². The molecule has 1 aliphatic rings. The predicted octanol–water partition coefficient (Wildman–Crippen LogP) is 4.81. The van der Waals surface area contributed by atoms with E-state index in [1.54, 1.807) is 37.3 Å². The van der Waals surface area contributed by atoms with Crippen molar-refractivity contribution in [1.29, 1.82) is 0 Å². The molecule has 0 spiro atoms. The highest BCUT2D eigenvalue weighted by Crippen LogP contribution is 2.37. The van der Waals surface area contributed by atoms with E-state index in [1.165, 1.54) is 18.5 Å². The first-order chi connectivity index (χ1) is 18.0. The number of aromatic nitrogens is 3. The number of hydrogen-bond donors (Lipinski definition) is 2. The molecule has 1 aliphatic heterocycles. The number of likely N-dealkylation sites (tertiary alicyclic amines) is 1. The Morgan fingerprint density at radius 1 is 1.24 bits per heavy atom. The van der Waals surface area contributed by atoms with Crippen molar-refractivity contribution in [1.82, 2.24) is 25.2 Å². The first-order valence-electron chi connectivity index (χ1n) is 12.1. The van der Waals surface area contributed by atoms with Crippen molar-refractivity contribution in [2.75, 3.05) is 32.0 Å². The van der Waals surface area contributed by atoms with Crippen molar-refractivity contribution in [2.24, 2.45) is 0 Å². The minimum absolute atomic E-state index is 0.0982. The van der Waals surface area contributed by atoms with Crippen LogP contribution in [0.25, 0.3) is 22.4 Å². The van der Waals surface area contributed by atoms with Gasteiger partial charge in [-0.15, -0.1) is 0 Å². The van der Waals surface area contributed by atoms with Crippen LogP contribution in [0, 0.1) is 6.92 Å². The molecule has 1 amide bonds. The molecule has 7 nitrogen and oxygen atoms in total. The van der Waals surface area contributed by atoms with Crippen LogP contribution >= 0.6 is 0 Å². The van der Waals surface area contributed by atoms with Crippen LogP contribution in [0.15, 0.2) is 49.3 Å². The molecule has 0 saturated carbocycles. The molecule has 4 rings (SSSR count). The van der Waals surface area contributed by atoms with E-state index in [9.17, 15) is 22.4 Å². The maximum atomic E-state index is 14.7. The molecule has 0 aliphatic carbocycles. The standard InChI is InChI=1S/C27H28F4N6O/c1-16(27(29,30)31)25-20-7-4-8-23(36-24-9-11-37(3)15-22(24)28)21(20)12-19(35-25)6-5-10-32-26(38)18-13-33-17(2)34-14-18/h4-8,12-14,22,24,36H,1,9-11,15H2,2-3H3,(H,32,38)/b6-5+/t22-,24+/m0/s1. The molecule has 1 aromatic carbocycles. The third kappa shape index (κ3) is 6.34. The van der Waals surface area contributed by atoms with Crippen LogP contribution < -0.4 is 10.6 Å². The van der Waals surface area contributed by atoms with Crippen molar-refractivity contribution < 1.29 is 22.4 Å². The van der Waals surface area contributed by atoms with E-state index in [0.29, 0.717) is 29.9 Å². The lowest BCUT2D eigenvalue weighted by atomic mass is 9.99. The summed E-state index contributed by atoms with van der Waals surface area (Å²) in [6.07, 6.45) is 0.643. The molecular weight excluding hydrogens is 500 g/mol. The Morgan fingerprint density at radius 3 is 2.66 bits per heavy atom. The number of pyridine rings is 1. The quantitative estimate of drug-likeness (QED) is 0.429. The van der Waals surface area contributed by atoms with E-state index in [1.807, 2.05) is 11.9 Å². The largest absolute Gasteiger partial charge is 0.417 e. The van der Waals surface area contributed by atoms with E-state index in [4.69, 9.17) is 0 Å². The first kappa shape index (κ1) is 27.2. The number of anilines is 1. The molecule has 0 unspecified atom stereocenters.